The second-order valence-electron chi connectivity index (χ2n) is 6.17. The molecule has 6 heteroatoms. The summed E-state index contributed by atoms with van der Waals surface area (Å²) in [6, 6.07) is 0. The van der Waals surface area contributed by atoms with Gasteiger partial charge in [0.2, 0.25) is 0 Å². The van der Waals surface area contributed by atoms with E-state index in [2.05, 4.69) is 4.74 Å². The van der Waals surface area contributed by atoms with Gasteiger partial charge in [-0.15, -0.1) is 0 Å². The first kappa shape index (κ1) is 24.6. The number of carbonyl (C=O) groups is 1. The van der Waals surface area contributed by atoms with Crippen molar-refractivity contribution in [1.29, 1.82) is 0 Å². The van der Waals surface area contributed by atoms with E-state index in [1.807, 2.05) is 20.8 Å². The molecule has 0 aliphatic heterocycles. The van der Waals surface area contributed by atoms with Crippen molar-refractivity contribution in [2.45, 2.75) is 59.7 Å². The molecule has 0 bridgehead atoms. The third kappa shape index (κ3) is 17.6. The van der Waals surface area contributed by atoms with Crippen molar-refractivity contribution in [2.24, 2.45) is 5.41 Å². The van der Waals surface area contributed by atoms with Crippen LogP contribution in [0, 0.1) is 5.41 Å². The monoisotopic (exact) mass is 324 g/mol. The van der Waals surface area contributed by atoms with Crippen molar-refractivity contribution in [3.63, 3.8) is 0 Å². The largest absolute Gasteiger partial charge is 0.511 e. The van der Waals surface area contributed by atoms with E-state index in [-0.39, 0.29) is 27.5 Å². The summed E-state index contributed by atoms with van der Waals surface area (Å²) in [7, 11) is 1.27. The van der Waals surface area contributed by atoms with E-state index in [9.17, 15) is 9.90 Å². The molecule has 0 saturated heterocycles. The Morgan fingerprint density at radius 3 is 1.80 bits per heavy atom. The van der Waals surface area contributed by atoms with Crippen molar-refractivity contribution in [3.05, 3.63) is 11.8 Å². The Morgan fingerprint density at radius 1 is 1.25 bits per heavy atom. The van der Waals surface area contributed by atoms with E-state index in [0.29, 0.717) is 6.42 Å². The summed E-state index contributed by atoms with van der Waals surface area (Å²) in [6.07, 6.45) is 1.11. The summed E-state index contributed by atoms with van der Waals surface area (Å²) >= 11 is 0. The van der Waals surface area contributed by atoms with Crippen LogP contribution in [-0.4, -0.2) is 40.1 Å². The zero-order valence-electron chi connectivity index (χ0n) is 13.5. The fraction of sp³-hybridized carbons (Fsp3) is 0.786. The van der Waals surface area contributed by atoms with Gasteiger partial charge in [-0.05, 0) is 20.8 Å². The molecule has 0 amide bonds. The van der Waals surface area contributed by atoms with Crippen LogP contribution in [0.2, 0.25) is 0 Å². The molecule has 0 saturated carbocycles. The Kier molecular flexibility index (Phi) is 12.8. The Balaban J connectivity index is -0.000000288. The van der Waals surface area contributed by atoms with E-state index >= 15 is 0 Å². The molecule has 5 nitrogen and oxygen atoms in total. The smallest absolute Gasteiger partial charge is 0.333 e. The van der Waals surface area contributed by atoms with Gasteiger partial charge >= 0.3 is 5.97 Å². The maximum Gasteiger partial charge on any atom is 0.333 e. The summed E-state index contributed by atoms with van der Waals surface area (Å²) < 4.78 is 4.34. The molecular formula is C14H28O5Ti. The van der Waals surface area contributed by atoms with Gasteiger partial charge < -0.3 is 20.1 Å². The summed E-state index contributed by atoms with van der Waals surface area (Å²) in [5.41, 5.74) is -1.12. The van der Waals surface area contributed by atoms with Crippen LogP contribution in [0.5, 0.6) is 0 Å². The number of allylic oxidation sites excluding steroid dienone is 1. The van der Waals surface area contributed by atoms with Gasteiger partial charge in [0, 0.05) is 33.6 Å². The van der Waals surface area contributed by atoms with Gasteiger partial charge in [0.15, 0.2) is 0 Å². The van der Waals surface area contributed by atoms with Gasteiger partial charge in [0.05, 0.1) is 24.9 Å². The van der Waals surface area contributed by atoms with Crippen LogP contribution >= 0.6 is 0 Å². The average Bonchev–Trinajstić information content (AvgIpc) is 2.12. The van der Waals surface area contributed by atoms with Crippen molar-refractivity contribution in [3.8, 4) is 0 Å². The minimum Gasteiger partial charge on any atom is -0.511 e. The Morgan fingerprint density at radius 2 is 1.65 bits per heavy atom. The molecule has 0 spiro atoms. The van der Waals surface area contributed by atoms with Gasteiger partial charge in [-0.2, -0.15) is 0 Å². The SMILES string of the molecule is CC(O)CC(C)(C)O.COC(=O)/C=C(\O)C(C)(C)C.[Ti]. The number of hydrogen-bond donors (Lipinski definition) is 3. The zero-order valence-corrected chi connectivity index (χ0v) is 15.1. The second kappa shape index (κ2) is 10.4. The predicted molar refractivity (Wildman–Crippen MR) is 74.8 cm³/mol. The van der Waals surface area contributed by atoms with Gasteiger partial charge in [-0.3, -0.25) is 0 Å². The van der Waals surface area contributed by atoms with Crippen LogP contribution in [0.25, 0.3) is 0 Å². The van der Waals surface area contributed by atoms with E-state index in [4.69, 9.17) is 10.2 Å². The average molecular weight is 324 g/mol. The standard InChI is InChI=1S/C8H14O3.C6H14O2.Ti/c1-8(2,3)6(9)5-7(10)11-4;1-5(7)4-6(2,3)8;/h5,9H,1-4H3;5,7-8H,4H2,1-3H3;/b6-5-;;. The number of hydrogen-bond acceptors (Lipinski definition) is 5. The molecule has 0 fully saturated rings. The number of ether oxygens (including phenoxy) is 1. The van der Waals surface area contributed by atoms with Gasteiger partial charge in [0.25, 0.3) is 0 Å². The maximum absolute atomic E-state index is 10.6. The molecule has 118 valence electrons. The van der Waals surface area contributed by atoms with Gasteiger partial charge in [-0.1, -0.05) is 20.8 Å². The summed E-state index contributed by atoms with van der Waals surface area (Å²) in [4.78, 5) is 10.6. The van der Waals surface area contributed by atoms with Gasteiger partial charge in [0.1, 0.15) is 5.76 Å². The fourth-order valence-electron chi connectivity index (χ4n) is 1.11. The zero-order chi connectivity index (χ0) is 15.9. The summed E-state index contributed by atoms with van der Waals surface area (Å²) in [5.74, 6) is -0.498. The Labute approximate surface area is 136 Å². The number of esters is 1. The number of methoxy groups -OCH3 is 1. The first-order chi connectivity index (χ1) is 8.29. The van der Waals surface area contributed by atoms with E-state index in [1.165, 1.54) is 7.11 Å². The maximum atomic E-state index is 10.6. The van der Waals surface area contributed by atoms with E-state index in [0.717, 1.165) is 6.08 Å². The molecule has 0 aliphatic carbocycles. The fourth-order valence-corrected chi connectivity index (χ4v) is 1.11. The number of rotatable bonds is 3. The molecular weight excluding hydrogens is 296 g/mol. The van der Waals surface area contributed by atoms with Crippen molar-refractivity contribution in [2.75, 3.05) is 7.11 Å². The molecule has 0 radical (unpaired) electrons. The number of aliphatic hydroxyl groups is 3. The summed E-state index contributed by atoms with van der Waals surface area (Å²) in [6.45, 7) is 10.4. The molecule has 0 aromatic heterocycles. The normalized spacial score (nSPS) is 13.6. The third-order valence-electron chi connectivity index (χ3n) is 2.02. The number of aliphatic hydroxyl groups excluding tert-OH is 2. The molecule has 0 rings (SSSR count). The Bertz CT molecular complexity index is 298. The first-order valence-corrected chi connectivity index (χ1v) is 6.19. The predicted octanol–water partition coefficient (Wildman–Crippen LogP) is 2.17. The van der Waals surface area contributed by atoms with Crippen LogP contribution in [0.15, 0.2) is 11.8 Å². The minimum absolute atomic E-state index is 0. The van der Waals surface area contributed by atoms with E-state index in [1.54, 1.807) is 20.8 Å². The van der Waals surface area contributed by atoms with Crippen LogP contribution in [0.1, 0.15) is 48.0 Å². The summed E-state index contributed by atoms with van der Waals surface area (Å²) in [5, 5.41) is 27.0. The molecule has 0 aromatic carbocycles. The third-order valence-corrected chi connectivity index (χ3v) is 2.02. The second-order valence-corrected chi connectivity index (χ2v) is 6.17. The van der Waals surface area contributed by atoms with Crippen LogP contribution in [-0.2, 0) is 31.2 Å². The quantitative estimate of drug-likeness (QED) is 0.321. The Hall–Kier alpha value is -0.356. The topological polar surface area (TPSA) is 87.0 Å². The molecule has 20 heavy (non-hydrogen) atoms. The molecule has 0 heterocycles. The molecule has 3 N–H and O–H groups in total. The minimum atomic E-state index is -0.728. The van der Waals surface area contributed by atoms with Crippen LogP contribution < -0.4 is 0 Å². The van der Waals surface area contributed by atoms with Crippen molar-refractivity contribution >= 4 is 5.97 Å². The van der Waals surface area contributed by atoms with Crippen LogP contribution in [0.4, 0.5) is 0 Å². The van der Waals surface area contributed by atoms with Crippen molar-refractivity contribution in [1.82, 2.24) is 0 Å². The van der Waals surface area contributed by atoms with Crippen LogP contribution in [0.3, 0.4) is 0 Å². The first-order valence-electron chi connectivity index (χ1n) is 6.19. The van der Waals surface area contributed by atoms with Gasteiger partial charge in [-0.25, -0.2) is 4.79 Å². The number of carbonyl (C=O) groups excluding carboxylic acids is 1. The van der Waals surface area contributed by atoms with Crippen molar-refractivity contribution < 1.29 is 46.6 Å². The molecule has 1 atom stereocenters. The molecule has 1 unspecified atom stereocenters. The van der Waals surface area contributed by atoms with E-state index < -0.39 is 23.1 Å². The molecule has 0 aliphatic rings. The molecule has 0 aromatic rings.